The van der Waals surface area contributed by atoms with Crippen LogP contribution >= 0.6 is 0 Å². The number of anilines is 1. The Kier molecular flexibility index (Phi) is 3.88. The van der Waals surface area contributed by atoms with E-state index in [0.29, 0.717) is 12.1 Å². The predicted molar refractivity (Wildman–Crippen MR) is 74.8 cm³/mol. The Balaban J connectivity index is 2.30. The topological polar surface area (TPSA) is 66.2 Å². The normalized spacial score (nSPS) is 11.9. The summed E-state index contributed by atoms with van der Waals surface area (Å²) in [5.41, 5.74) is 7.44. The molecule has 1 aromatic heterocycles. The number of aryl methyl sites for hydroxylation is 1. The fourth-order valence-corrected chi connectivity index (χ4v) is 2.07. The molecule has 4 heteroatoms. The third kappa shape index (κ3) is 2.78. The van der Waals surface area contributed by atoms with Crippen molar-refractivity contribution in [1.82, 2.24) is 0 Å². The average Bonchev–Trinajstić information content (AvgIpc) is 2.86. The van der Waals surface area contributed by atoms with Crippen molar-refractivity contribution in [3.8, 4) is 6.07 Å². The summed E-state index contributed by atoms with van der Waals surface area (Å²) >= 11 is 0. The van der Waals surface area contributed by atoms with Gasteiger partial charge in [-0.2, -0.15) is 5.26 Å². The second-order valence-corrected chi connectivity index (χ2v) is 4.47. The lowest BCUT2D eigenvalue weighted by Gasteiger charge is -2.27. The van der Waals surface area contributed by atoms with Crippen LogP contribution in [0.5, 0.6) is 0 Å². The Labute approximate surface area is 113 Å². The van der Waals surface area contributed by atoms with Gasteiger partial charge in [0.2, 0.25) is 0 Å². The zero-order valence-corrected chi connectivity index (χ0v) is 11.1. The highest BCUT2D eigenvalue weighted by Crippen LogP contribution is 2.26. The predicted octanol–water partition coefficient (Wildman–Crippen LogP) is 2.60. The first-order valence-corrected chi connectivity index (χ1v) is 6.15. The Morgan fingerprint density at radius 1 is 1.37 bits per heavy atom. The largest absolute Gasteiger partial charge is 0.464 e. The van der Waals surface area contributed by atoms with Gasteiger partial charge < -0.3 is 15.1 Å². The van der Waals surface area contributed by atoms with Gasteiger partial charge in [-0.3, -0.25) is 0 Å². The third-order valence-electron chi connectivity index (χ3n) is 3.16. The lowest BCUT2D eigenvalue weighted by Crippen LogP contribution is -2.30. The maximum atomic E-state index is 8.95. The molecule has 0 aliphatic heterocycles. The quantitative estimate of drug-likeness (QED) is 0.912. The first-order chi connectivity index (χ1) is 9.15. The summed E-state index contributed by atoms with van der Waals surface area (Å²) in [6, 6.07) is 13.4. The molecule has 1 aromatic carbocycles. The van der Waals surface area contributed by atoms with Crippen molar-refractivity contribution in [3.05, 3.63) is 53.5 Å². The molecule has 1 heterocycles. The van der Waals surface area contributed by atoms with Gasteiger partial charge in [-0.15, -0.1) is 0 Å². The Morgan fingerprint density at radius 3 is 2.74 bits per heavy atom. The molecule has 1 atom stereocenters. The molecule has 1 unspecified atom stereocenters. The minimum absolute atomic E-state index is 0.0392. The molecule has 0 bridgehead atoms. The highest BCUT2D eigenvalue weighted by molar-refractivity contribution is 5.52. The van der Waals surface area contributed by atoms with E-state index in [2.05, 4.69) is 6.07 Å². The number of nitriles is 1. The molecule has 0 saturated heterocycles. The molecule has 0 spiro atoms. The summed E-state index contributed by atoms with van der Waals surface area (Å²) in [6.07, 6.45) is 0. The maximum Gasteiger partial charge on any atom is 0.127 e. The van der Waals surface area contributed by atoms with Crippen LogP contribution in [0.3, 0.4) is 0 Å². The van der Waals surface area contributed by atoms with Crippen molar-refractivity contribution in [2.75, 3.05) is 18.5 Å². The van der Waals surface area contributed by atoms with Crippen LogP contribution in [-0.2, 0) is 0 Å². The van der Waals surface area contributed by atoms with Crippen molar-refractivity contribution in [3.63, 3.8) is 0 Å². The molecule has 19 heavy (non-hydrogen) atoms. The maximum absolute atomic E-state index is 8.95. The third-order valence-corrected chi connectivity index (χ3v) is 3.16. The molecule has 0 radical (unpaired) electrons. The molecule has 98 valence electrons. The van der Waals surface area contributed by atoms with Crippen molar-refractivity contribution in [2.24, 2.45) is 5.73 Å². The van der Waals surface area contributed by atoms with E-state index in [0.717, 1.165) is 17.2 Å². The van der Waals surface area contributed by atoms with Gasteiger partial charge in [0, 0.05) is 19.3 Å². The van der Waals surface area contributed by atoms with Crippen molar-refractivity contribution in [1.29, 1.82) is 5.26 Å². The van der Waals surface area contributed by atoms with Gasteiger partial charge in [0.1, 0.15) is 11.5 Å². The molecule has 4 nitrogen and oxygen atoms in total. The van der Waals surface area contributed by atoms with E-state index in [1.165, 1.54) is 0 Å². The summed E-state index contributed by atoms with van der Waals surface area (Å²) in [5.74, 6) is 1.71. The number of likely N-dealkylation sites (N-methyl/N-ethyl adjacent to an activating group) is 1. The molecule has 0 aliphatic carbocycles. The number of nitrogens with two attached hydrogens (primary N) is 1. The van der Waals surface area contributed by atoms with Gasteiger partial charge in [0.25, 0.3) is 0 Å². The highest BCUT2D eigenvalue weighted by atomic mass is 16.3. The second kappa shape index (κ2) is 5.59. The second-order valence-electron chi connectivity index (χ2n) is 4.47. The number of nitrogens with zero attached hydrogens (tertiary/aromatic N) is 2. The zero-order valence-electron chi connectivity index (χ0n) is 11.1. The molecule has 0 fully saturated rings. The van der Waals surface area contributed by atoms with Crippen LogP contribution in [0.1, 0.15) is 23.1 Å². The fraction of sp³-hybridized carbons (Fsp3) is 0.267. The van der Waals surface area contributed by atoms with Crippen LogP contribution < -0.4 is 10.6 Å². The lowest BCUT2D eigenvalue weighted by atomic mass is 10.1. The van der Waals surface area contributed by atoms with E-state index in [9.17, 15) is 0 Å². The van der Waals surface area contributed by atoms with E-state index in [1.807, 2.05) is 49.2 Å². The van der Waals surface area contributed by atoms with Crippen LogP contribution in [0, 0.1) is 18.3 Å². The molecule has 2 N–H and O–H groups in total. The average molecular weight is 255 g/mol. The Hall–Kier alpha value is -2.25. The van der Waals surface area contributed by atoms with Crippen LogP contribution in [0.25, 0.3) is 0 Å². The van der Waals surface area contributed by atoms with E-state index in [1.54, 1.807) is 6.07 Å². The molecule has 0 aliphatic rings. The first kappa shape index (κ1) is 13.2. The van der Waals surface area contributed by atoms with Crippen LogP contribution in [0.2, 0.25) is 0 Å². The summed E-state index contributed by atoms with van der Waals surface area (Å²) < 4.78 is 5.65. The lowest BCUT2D eigenvalue weighted by molar-refractivity contribution is 0.441. The monoisotopic (exact) mass is 255 g/mol. The number of furan rings is 1. The molecule has 2 aromatic rings. The van der Waals surface area contributed by atoms with Crippen molar-refractivity contribution < 1.29 is 4.42 Å². The molecular formula is C15H17N3O. The van der Waals surface area contributed by atoms with Crippen LogP contribution in [0.15, 0.2) is 40.8 Å². The van der Waals surface area contributed by atoms with Gasteiger partial charge in [-0.25, -0.2) is 0 Å². The molecule has 0 amide bonds. The first-order valence-electron chi connectivity index (χ1n) is 6.15. The van der Waals surface area contributed by atoms with E-state index < -0.39 is 0 Å². The standard InChI is InChI=1S/C15H17N3O/c1-11-6-7-15(19-11)14(10-17)18(2)13-5-3-4-12(8-13)9-16/h3-8,14H,10,17H2,1-2H3. The van der Waals surface area contributed by atoms with Gasteiger partial charge >= 0.3 is 0 Å². The summed E-state index contributed by atoms with van der Waals surface area (Å²) in [6.45, 7) is 2.35. The van der Waals surface area contributed by atoms with Gasteiger partial charge in [0.15, 0.2) is 0 Å². The number of hydrogen-bond donors (Lipinski definition) is 1. The SMILES string of the molecule is Cc1ccc(C(CN)N(C)c2cccc(C#N)c2)o1. The Bertz CT molecular complexity index is 597. The van der Waals surface area contributed by atoms with Crippen LogP contribution in [-0.4, -0.2) is 13.6 Å². The highest BCUT2D eigenvalue weighted by Gasteiger charge is 2.19. The Morgan fingerprint density at radius 2 is 2.16 bits per heavy atom. The smallest absolute Gasteiger partial charge is 0.127 e. The number of hydrogen-bond acceptors (Lipinski definition) is 4. The number of rotatable bonds is 4. The number of benzene rings is 1. The van der Waals surface area contributed by atoms with Gasteiger partial charge in [0.05, 0.1) is 17.7 Å². The minimum atomic E-state index is -0.0392. The van der Waals surface area contributed by atoms with E-state index in [4.69, 9.17) is 15.4 Å². The molecule has 2 rings (SSSR count). The van der Waals surface area contributed by atoms with E-state index in [-0.39, 0.29) is 6.04 Å². The minimum Gasteiger partial charge on any atom is -0.464 e. The molecular weight excluding hydrogens is 238 g/mol. The summed E-state index contributed by atoms with van der Waals surface area (Å²) in [4.78, 5) is 2.03. The van der Waals surface area contributed by atoms with Crippen molar-refractivity contribution >= 4 is 5.69 Å². The van der Waals surface area contributed by atoms with Gasteiger partial charge in [-0.1, -0.05) is 6.07 Å². The van der Waals surface area contributed by atoms with Crippen LogP contribution in [0.4, 0.5) is 5.69 Å². The van der Waals surface area contributed by atoms with Gasteiger partial charge in [-0.05, 0) is 37.3 Å². The fourth-order valence-electron chi connectivity index (χ4n) is 2.07. The molecule has 0 saturated carbocycles. The zero-order chi connectivity index (χ0) is 13.8. The van der Waals surface area contributed by atoms with E-state index >= 15 is 0 Å². The summed E-state index contributed by atoms with van der Waals surface area (Å²) in [7, 11) is 1.95. The summed E-state index contributed by atoms with van der Waals surface area (Å²) in [5, 5.41) is 8.95. The van der Waals surface area contributed by atoms with Crippen molar-refractivity contribution in [2.45, 2.75) is 13.0 Å².